The second-order valence-electron chi connectivity index (χ2n) is 7.42. The first kappa shape index (κ1) is 19.5. The molecule has 4 aromatic rings. The smallest absolute Gasteiger partial charge is 0.126 e. The van der Waals surface area contributed by atoms with Crippen molar-refractivity contribution in [2.45, 2.75) is 12.8 Å². The molecule has 0 atom stereocenters. The lowest BCUT2D eigenvalue weighted by Gasteiger charge is -2.14. The van der Waals surface area contributed by atoms with Crippen LogP contribution in [-0.2, 0) is 12.8 Å². The summed E-state index contributed by atoms with van der Waals surface area (Å²) in [5, 5.41) is 21.8. The van der Waals surface area contributed by atoms with Crippen molar-refractivity contribution in [3.8, 4) is 11.5 Å². The van der Waals surface area contributed by atoms with E-state index >= 15 is 0 Å². The summed E-state index contributed by atoms with van der Waals surface area (Å²) in [6.07, 6.45) is 1.10. The van der Waals surface area contributed by atoms with Crippen LogP contribution in [0.25, 0.3) is 5.57 Å². The van der Waals surface area contributed by atoms with Gasteiger partial charge in [0.15, 0.2) is 0 Å². The van der Waals surface area contributed by atoms with Crippen molar-refractivity contribution in [1.29, 1.82) is 0 Å². The van der Waals surface area contributed by atoms with Crippen molar-refractivity contribution in [3.63, 3.8) is 0 Å². The number of phenols is 2. The van der Waals surface area contributed by atoms with Crippen molar-refractivity contribution < 1.29 is 10.2 Å². The predicted octanol–water partition coefficient (Wildman–Crippen LogP) is 6.34. The molecule has 0 fully saturated rings. The van der Waals surface area contributed by atoms with E-state index in [9.17, 15) is 10.2 Å². The molecule has 0 aromatic heterocycles. The lowest BCUT2D eigenvalue weighted by atomic mass is 9.93. The molecule has 2 heteroatoms. The minimum Gasteiger partial charge on any atom is -0.507 e. The molecule has 0 bridgehead atoms. The number of aromatic hydroxyl groups is 2. The van der Waals surface area contributed by atoms with Crippen LogP contribution in [-0.4, -0.2) is 10.2 Å². The molecule has 0 aliphatic carbocycles. The minimum absolute atomic E-state index is 0.208. The number of phenolic OH excluding ortho intramolecular Hbond substituents is 2. The molecular weight excluding hydrogens is 368 g/mol. The molecule has 4 rings (SSSR count). The lowest BCUT2D eigenvalue weighted by molar-refractivity contribution is 0.459. The fourth-order valence-electron chi connectivity index (χ4n) is 3.72. The third-order valence-corrected chi connectivity index (χ3v) is 5.39. The number of rotatable bonds is 6. The van der Waals surface area contributed by atoms with Gasteiger partial charge in [-0.15, -0.1) is 0 Å². The maximum atomic E-state index is 10.9. The van der Waals surface area contributed by atoms with Gasteiger partial charge < -0.3 is 10.2 Å². The molecule has 4 aromatic carbocycles. The van der Waals surface area contributed by atoms with E-state index in [1.807, 2.05) is 84.9 Å². The Labute approximate surface area is 177 Å². The second-order valence-corrected chi connectivity index (χ2v) is 7.42. The average molecular weight is 392 g/mol. The van der Waals surface area contributed by atoms with Crippen LogP contribution in [0.5, 0.6) is 11.5 Å². The SMILES string of the molecule is C=C(c1ccccc1)c1cccc(Cc2cccc(Cc3ccccc3)c2O)c1O. The predicted molar refractivity (Wildman–Crippen MR) is 123 cm³/mol. The zero-order chi connectivity index (χ0) is 20.9. The number of hydrogen-bond acceptors (Lipinski definition) is 2. The van der Waals surface area contributed by atoms with Crippen LogP contribution in [0.1, 0.15) is 33.4 Å². The standard InChI is InChI=1S/C28H24O2/c1-20(22-12-6-3-7-13-22)26-17-9-16-25(28(26)30)19-24-15-8-14-23(27(24)29)18-21-10-4-2-5-11-21/h2-17,29-30H,1,18-19H2. The van der Waals surface area contributed by atoms with Crippen LogP contribution in [0, 0.1) is 0 Å². The van der Waals surface area contributed by atoms with Gasteiger partial charge in [-0.3, -0.25) is 0 Å². The summed E-state index contributed by atoms with van der Waals surface area (Å²) in [7, 11) is 0. The summed E-state index contributed by atoms with van der Waals surface area (Å²) < 4.78 is 0. The molecule has 0 aliphatic rings. The van der Waals surface area contributed by atoms with Crippen LogP contribution < -0.4 is 0 Å². The van der Waals surface area contributed by atoms with Crippen molar-refractivity contribution in [1.82, 2.24) is 0 Å². The number of para-hydroxylation sites is 2. The van der Waals surface area contributed by atoms with Crippen LogP contribution in [0.15, 0.2) is 104 Å². The van der Waals surface area contributed by atoms with Crippen molar-refractivity contribution in [3.05, 3.63) is 137 Å². The maximum absolute atomic E-state index is 10.9. The lowest BCUT2D eigenvalue weighted by Crippen LogP contribution is -1.96. The van der Waals surface area contributed by atoms with E-state index < -0.39 is 0 Å². The van der Waals surface area contributed by atoms with E-state index in [1.54, 1.807) is 0 Å². The van der Waals surface area contributed by atoms with Gasteiger partial charge in [-0.2, -0.15) is 0 Å². The maximum Gasteiger partial charge on any atom is 0.126 e. The normalized spacial score (nSPS) is 10.7. The summed E-state index contributed by atoms with van der Waals surface area (Å²) in [4.78, 5) is 0. The van der Waals surface area contributed by atoms with Gasteiger partial charge in [0.2, 0.25) is 0 Å². The summed E-state index contributed by atoms with van der Waals surface area (Å²) in [5.74, 6) is 0.493. The van der Waals surface area contributed by atoms with Crippen LogP contribution in [0.2, 0.25) is 0 Å². The highest BCUT2D eigenvalue weighted by atomic mass is 16.3. The van der Waals surface area contributed by atoms with E-state index in [-0.39, 0.29) is 11.5 Å². The first-order chi connectivity index (χ1) is 14.6. The molecule has 0 amide bonds. The van der Waals surface area contributed by atoms with Crippen LogP contribution in [0.4, 0.5) is 0 Å². The van der Waals surface area contributed by atoms with Gasteiger partial charge in [0.25, 0.3) is 0 Å². The zero-order valence-electron chi connectivity index (χ0n) is 16.8. The Morgan fingerprint density at radius 1 is 0.567 bits per heavy atom. The third-order valence-electron chi connectivity index (χ3n) is 5.39. The molecule has 0 saturated carbocycles. The first-order valence-electron chi connectivity index (χ1n) is 10.0. The molecule has 0 unspecified atom stereocenters. The Kier molecular flexibility index (Phi) is 5.67. The molecule has 2 nitrogen and oxygen atoms in total. The van der Waals surface area contributed by atoms with Gasteiger partial charge in [0.05, 0.1) is 0 Å². The van der Waals surface area contributed by atoms with Gasteiger partial charge in [0, 0.05) is 18.4 Å². The Morgan fingerprint density at radius 3 is 1.77 bits per heavy atom. The largest absolute Gasteiger partial charge is 0.507 e. The zero-order valence-corrected chi connectivity index (χ0v) is 16.8. The molecule has 0 heterocycles. The van der Waals surface area contributed by atoms with E-state index in [0.717, 1.165) is 33.4 Å². The van der Waals surface area contributed by atoms with Crippen molar-refractivity contribution >= 4 is 5.57 Å². The Hall–Kier alpha value is -3.78. The van der Waals surface area contributed by atoms with E-state index in [0.29, 0.717) is 18.4 Å². The number of benzene rings is 4. The third kappa shape index (κ3) is 4.13. The molecule has 0 saturated heterocycles. The van der Waals surface area contributed by atoms with Gasteiger partial charge in [-0.05, 0) is 33.4 Å². The Bertz CT molecular complexity index is 1160. The van der Waals surface area contributed by atoms with E-state index in [2.05, 4.69) is 18.7 Å². The van der Waals surface area contributed by atoms with Gasteiger partial charge >= 0.3 is 0 Å². The fourth-order valence-corrected chi connectivity index (χ4v) is 3.72. The van der Waals surface area contributed by atoms with Gasteiger partial charge in [-0.1, -0.05) is 104 Å². The van der Waals surface area contributed by atoms with E-state index in [4.69, 9.17) is 0 Å². The topological polar surface area (TPSA) is 40.5 Å². The second kappa shape index (κ2) is 8.71. The number of hydrogen-bond donors (Lipinski definition) is 2. The molecule has 148 valence electrons. The Balaban J connectivity index is 1.62. The summed E-state index contributed by atoms with van der Waals surface area (Å²) in [5.41, 5.74) is 6.03. The van der Waals surface area contributed by atoms with Gasteiger partial charge in [0.1, 0.15) is 11.5 Å². The Morgan fingerprint density at radius 2 is 1.10 bits per heavy atom. The highest BCUT2D eigenvalue weighted by Crippen LogP contribution is 2.35. The highest BCUT2D eigenvalue weighted by molar-refractivity contribution is 5.81. The van der Waals surface area contributed by atoms with Crippen LogP contribution >= 0.6 is 0 Å². The summed E-state index contributed by atoms with van der Waals surface area (Å²) in [6, 6.07) is 31.4. The fraction of sp³-hybridized carbons (Fsp3) is 0.0714. The molecule has 2 N–H and O–H groups in total. The molecule has 0 radical (unpaired) electrons. The minimum atomic E-state index is 0.208. The van der Waals surface area contributed by atoms with E-state index in [1.165, 1.54) is 0 Å². The van der Waals surface area contributed by atoms with Crippen molar-refractivity contribution in [2.75, 3.05) is 0 Å². The average Bonchev–Trinajstić information content (AvgIpc) is 2.79. The molecule has 0 spiro atoms. The molecule has 30 heavy (non-hydrogen) atoms. The highest BCUT2D eigenvalue weighted by Gasteiger charge is 2.14. The quantitative estimate of drug-likeness (QED) is 0.402. The molecular formula is C28H24O2. The van der Waals surface area contributed by atoms with Gasteiger partial charge in [-0.25, -0.2) is 0 Å². The van der Waals surface area contributed by atoms with Crippen molar-refractivity contribution in [2.24, 2.45) is 0 Å². The summed E-state index contributed by atoms with van der Waals surface area (Å²) in [6.45, 7) is 4.17. The molecule has 0 aliphatic heterocycles. The summed E-state index contributed by atoms with van der Waals surface area (Å²) >= 11 is 0. The monoisotopic (exact) mass is 392 g/mol. The van der Waals surface area contributed by atoms with Crippen LogP contribution in [0.3, 0.4) is 0 Å². The first-order valence-corrected chi connectivity index (χ1v) is 10.0.